The second-order valence-electron chi connectivity index (χ2n) is 5.77. The maximum absolute atomic E-state index is 12.3. The van der Waals surface area contributed by atoms with Gasteiger partial charge in [0.25, 0.3) is 0 Å². The molecule has 3 heterocycles. The van der Waals surface area contributed by atoms with Gasteiger partial charge < -0.3 is 15.5 Å². The molecule has 1 aromatic carbocycles. The van der Waals surface area contributed by atoms with Crippen LogP contribution < -0.4 is 31.8 Å². The first-order valence-electron chi connectivity index (χ1n) is 7.87. The Morgan fingerprint density at radius 3 is 2.44 bits per heavy atom. The summed E-state index contributed by atoms with van der Waals surface area (Å²) >= 11 is 0.788. The average Bonchev–Trinajstić information content (AvgIpc) is 3.11. The number of nitrogens with zero attached hydrogens (tertiary/aromatic N) is 3. The molecule has 8 heteroatoms. The Hall–Kier alpha value is -1.94. The number of carbonyl (C=O) groups excluding carboxylic acids is 2. The van der Waals surface area contributed by atoms with Gasteiger partial charge >= 0.3 is 28.8 Å². The molecule has 0 aliphatic carbocycles. The molecule has 1 fully saturated rings. The van der Waals surface area contributed by atoms with Gasteiger partial charge in [-0.3, -0.25) is 4.79 Å². The van der Waals surface area contributed by atoms with E-state index in [1.807, 2.05) is 23.6 Å². The third kappa shape index (κ3) is 3.28. The number of benzene rings is 1. The van der Waals surface area contributed by atoms with Crippen LogP contribution >= 0.6 is 11.3 Å². The van der Waals surface area contributed by atoms with E-state index in [1.54, 1.807) is 12.1 Å². The second-order valence-corrected chi connectivity index (χ2v) is 9.17. The zero-order valence-corrected chi connectivity index (χ0v) is 16.3. The van der Waals surface area contributed by atoms with E-state index in [0.717, 1.165) is 46.3 Å². The van der Waals surface area contributed by atoms with Gasteiger partial charge in [0.05, 0.1) is 5.69 Å². The first kappa shape index (κ1) is 16.5. The van der Waals surface area contributed by atoms with Gasteiger partial charge in [-0.25, -0.2) is 4.79 Å². The summed E-state index contributed by atoms with van der Waals surface area (Å²) in [5.41, 5.74) is 7.72. The Labute approximate surface area is 159 Å². The van der Waals surface area contributed by atoms with Crippen LogP contribution in [0.1, 0.15) is 20.0 Å². The second kappa shape index (κ2) is 6.75. The van der Waals surface area contributed by atoms with E-state index in [4.69, 9.17) is 10.7 Å². The van der Waals surface area contributed by atoms with Crippen molar-refractivity contribution in [2.24, 2.45) is 10.7 Å². The number of rotatable bonds is 2. The third-order valence-electron chi connectivity index (χ3n) is 4.26. The molecule has 6 nitrogen and oxygen atoms in total. The van der Waals surface area contributed by atoms with Crippen LogP contribution in [0.2, 0.25) is 0 Å². The lowest BCUT2D eigenvalue weighted by atomic mass is 10.1. The molecule has 0 saturated carbocycles. The number of halogens is 1. The number of amidine groups is 1. The van der Waals surface area contributed by atoms with Gasteiger partial charge in [-0.2, -0.15) is 4.99 Å². The number of hydrogen-bond donors (Lipinski definition) is 1. The number of fused-ring (bicyclic) bond motifs is 1. The number of thiophene rings is 1. The minimum atomic E-state index is -0.706. The third-order valence-corrected chi connectivity index (χ3v) is 7.97. The van der Waals surface area contributed by atoms with Crippen LogP contribution in [-0.4, -0.2) is 44.6 Å². The summed E-state index contributed by atoms with van der Waals surface area (Å²) < 4.78 is 1.26. The highest BCUT2D eigenvalue weighted by atomic mass is 127. The lowest BCUT2D eigenvalue weighted by molar-refractivity contribution is -0.443. The van der Waals surface area contributed by atoms with Crippen LogP contribution in [0.5, 0.6) is 0 Å². The Balaban J connectivity index is 1.44. The summed E-state index contributed by atoms with van der Waals surface area (Å²) in [6.45, 7) is 3.43. The molecule has 1 saturated heterocycles. The van der Waals surface area contributed by atoms with Crippen LogP contribution in [0.4, 0.5) is 11.4 Å². The molecule has 25 heavy (non-hydrogen) atoms. The van der Waals surface area contributed by atoms with Crippen molar-refractivity contribution in [3.63, 3.8) is 0 Å². The zero-order chi connectivity index (χ0) is 17.4. The fraction of sp³-hybridized carbons (Fsp3) is 0.235. The Morgan fingerprint density at radius 2 is 1.76 bits per heavy atom. The predicted octanol–water partition coefficient (Wildman–Crippen LogP) is -1.10. The number of aliphatic imine (C=N–C) groups is 1. The zero-order valence-electron chi connectivity index (χ0n) is 13.3. The average molecular weight is 467 g/mol. The van der Waals surface area contributed by atoms with Crippen LogP contribution in [0.3, 0.4) is 0 Å². The lowest BCUT2D eigenvalue weighted by Gasteiger charge is -2.35. The first-order valence-corrected chi connectivity index (χ1v) is 10.9. The maximum Gasteiger partial charge on any atom is 0.449 e. The van der Waals surface area contributed by atoms with Crippen LogP contribution in [0, 0.1) is 0 Å². The van der Waals surface area contributed by atoms with E-state index in [1.165, 1.54) is 11.3 Å². The van der Waals surface area contributed by atoms with Crippen molar-refractivity contribution in [1.29, 1.82) is 0 Å². The quantitative estimate of drug-likeness (QED) is 0.346. The summed E-state index contributed by atoms with van der Waals surface area (Å²) in [6.07, 6.45) is 0. The van der Waals surface area contributed by atoms with Gasteiger partial charge in [-0.1, -0.05) is 0 Å². The first-order chi connectivity index (χ1) is 12.1. The summed E-state index contributed by atoms with van der Waals surface area (Å²) in [5, 5.41) is 1.94. The largest absolute Gasteiger partial charge is 0.449 e. The predicted molar refractivity (Wildman–Crippen MR) is 94.5 cm³/mol. The molecule has 0 spiro atoms. The van der Waals surface area contributed by atoms with Crippen molar-refractivity contribution in [3.8, 4) is 0 Å². The van der Waals surface area contributed by atoms with Crippen molar-refractivity contribution < 1.29 is 30.8 Å². The van der Waals surface area contributed by atoms with Gasteiger partial charge in [0, 0.05) is 37.4 Å². The summed E-state index contributed by atoms with van der Waals surface area (Å²) in [4.78, 5) is 33.5. The van der Waals surface area contributed by atoms with Gasteiger partial charge in [0.15, 0.2) is 0 Å². The number of primary amides is 1. The van der Waals surface area contributed by atoms with Crippen LogP contribution in [0.25, 0.3) is 0 Å². The summed E-state index contributed by atoms with van der Waals surface area (Å²) in [5.74, 6) is -0.409. The van der Waals surface area contributed by atoms with E-state index in [9.17, 15) is 9.59 Å². The Bertz CT molecular complexity index is 854. The summed E-state index contributed by atoms with van der Waals surface area (Å²) in [7, 11) is 0. The minimum Gasteiger partial charge on any atom is -0.368 e. The highest BCUT2D eigenvalue weighted by molar-refractivity contribution is 7.12. The maximum atomic E-state index is 12.3. The van der Waals surface area contributed by atoms with Gasteiger partial charge in [-0.05, 0) is 35.7 Å². The summed E-state index contributed by atoms with van der Waals surface area (Å²) in [6, 6.07) is 9.32. The van der Waals surface area contributed by atoms with Crippen molar-refractivity contribution in [2.45, 2.75) is 0 Å². The molecule has 128 valence electrons. The van der Waals surface area contributed by atoms with E-state index in [2.05, 4.69) is 9.80 Å². The van der Waals surface area contributed by atoms with Crippen LogP contribution in [-0.2, 0) is 0 Å². The number of nitrogens with two attached hydrogens (primary N) is 1. The van der Waals surface area contributed by atoms with Crippen LogP contribution in [0.15, 0.2) is 40.7 Å². The highest BCUT2D eigenvalue weighted by Crippen LogP contribution is 2.25. The van der Waals surface area contributed by atoms with E-state index >= 15 is 0 Å². The van der Waals surface area contributed by atoms with E-state index in [0.29, 0.717) is 5.56 Å². The van der Waals surface area contributed by atoms with E-state index < -0.39 is 27.1 Å². The Kier molecular flexibility index (Phi) is 4.46. The molecule has 2 aliphatic heterocycles. The molecule has 0 unspecified atom stereocenters. The number of hydrogen-bond acceptors (Lipinski definition) is 6. The molecule has 2 aromatic rings. The molecule has 0 radical (unpaired) electrons. The fourth-order valence-corrected chi connectivity index (χ4v) is 6.36. The van der Waals surface area contributed by atoms with Gasteiger partial charge in [-0.15, -0.1) is 11.3 Å². The monoisotopic (exact) mass is 467 g/mol. The number of piperazine rings is 1. The molecule has 2 aliphatic rings. The van der Waals surface area contributed by atoms with Crippen molar-refractivity contribution in [2.75, 3.05) is 31.1 Å². The smallest absolute Gasteiger partial charge is 0.368 e. The molecule has 1 aromatic heterocycles. The fourth-order valence-electron chi connectivity index (χ4n) is 2.89. The molecule has 1 amide bonds. The highest BCUT2D eigenvalue weighted by Gasteiger charge is 2.41. The standard InChI is InChI=1S/C17H15IN4O2S/c19-16(24)11-1-3-12(4-2-11)21-6-8-22(9-7-21)17-18-15(23)14-13(20-17)5-10-25-14/h1-5,10H,6-9H2,(H-,19,24)/p+1. The molecule has 4 rings (SSSR count). The topological polar surface area (TPSA) is 79.0 Å². The van der Waals surface area contributed by atoms with Gasteiger partial charge in [0.1, 0.15) is 4.88 Å². The van der Waals surface area contributed by atoms with Crippen molar-refractivity contribution >= 4 is 36.3 Å². The molecule has 0 atom stereocenters. The molecular formula is C17H16IN4O2S+. The van der Waals surface area contributed by atoms with Gasteiger partial charge in [0.2, 0.25) is 5.91 Å². The number of anilines is 1. The van der Waals surface area contributed by atoms with Crippen molar-refractivity contribution in [3.05, 3.63) is 46.2 Å². The Morgan fingerprint density at radius 1 is 1.08 bits per heavy atom. The SMILES string of the molecule is NC(=O)c1ccc(N2CCN(C3=Nc4ccsc4C(=O)[I+]3)CC2)cc1. The normalized spacial score (nSPS) is 17.3. The molecular weight excluding hydrogens is 451 g/mol. The molecule has 0 bridgehead atoms. The van der Waals surface area contributed by atoms with Crippen molar-refractivity contribution in [1.82, 2.24) is 4.90 Å². The number of carbonyl (C=O) groups is 2. The number of amides is 1. The van der Waals surface area contributed by atoms with E-state index in [-0.39, 0.29) is 3.79 Å². The minimum absolute atomic E-state index is 0.276. The lowest BCUT2D eigenvalue weighted by Crippen LogP contribution is -3.68. The molecule has 2 N–H and O–H groups in total.